The van der Waals surface area contributed by atoms with Gasteiger partial charge in [0.25, 0.3) is 0 Å². The lowest BCUT2D eigenvalue weighted by atomic mass is 10.2. The topological polar surface area (TPSA) is 93.4 Å². The highest BCUT2D eigenvalue weighted by atomic mass is 16.5. The van der Waals surface area contributed by atoms with Crippen LogP contribution in [-0.4, -0.2) is 31.0 Å². The van der Waals surface area contributed by atoms with Crippen LogP contribution in [0.2, 0.25) is 0 Å². The Balaban J connectivity index is 1.88. The van der Waals surface area contributed by atoms with Gasteiger partial charge in [0.1, 0.15) is 18.4 Å². The molecule has 1 atom stereocenters. The fourth-order valence-corrected chi connectivity index (χ4v) is 1.85. The average molecular weight is 263 g/mol. The second-order valence-electron chi connectivity index (χ2n) is 4.31. The number of carbonyl (C=O) groups excluding carboxylic acids is 2. The third-order valence-corrected chi connectivity index (χ3v) is 2.82. The summed E-state index contributed by atoms with van der Waals surface area (Å²) in [7, 11) is 0. The highest BCUT2D eigenvalue weighted by Gasteiger charge is 2.26. The number of benzene rings is 1. The van der Waals surface area contributed by atoms with Crippen LogP contribution in [-0.2, 0) is 9.59 Å². The molecule has 0 saturated carbocycles. The molecule has 4 N–H and O–H groups in total. The van der Waals surface area contributed by atoms with E-state index in [1.165, 1.54) is 0 Å². The summed E-state index contributed by atoms with van der Waals surface area (Å²) in [4.78, 5) is 22.9. The normalized spacial score (nSPS) is 17.9. The Kier molecular flexibility index (Phi) is 4.35. The SMILES string of the molecule is NCCOc1ccc(NC(=O)C2CCC(=O)N2)cc1. The summed E-state index contributed by atoms with van der Waals surface area (Å²) >= 11 is 0. The maximum Gasteiger partial charge on any atom is 0.246 e. The third kappa shape index (κ3) is 3.69. The molecule has 2 amide bonds. The first-order valence-electron chi connectivity index (χ1n) is 6.22. The number of amides is 2. The quantitative estimate of drug-likeness (QED) is 0.709. The first-order chi connectivity index (χ1) is 9.19. The average Bonchev–Trinajstić information content (AvgIpc) is 2.85. The van der Waals surface area contributed by atoms with Crippen molar-refractivity contribution in [3.05, 3.63) is 24.3 Å². The van der Waals surface area contributed by atoms with E-state index in [0.29, 0.717) is 37.4 Å². The zero-order chi connectivity index (χ0) is 13.7. The van der Waals surface area contributed by atoms with Crippen LogP contribution in [0.25, 0.3) is 0 Å². The largest absolute Gasteiger partial charge is 0.492 e. The Bertz CT molecular complexity index is 459. The number of ether oxygens (including phenoxy) is 1. The van der Waals surface area contributed by atoms with Crippen LogP contribution in [0.4, 0.5) is 5.69 Å². The lowest BCUT2D eigenvalue weighted by Gasteiger charge is -2.11. The van der Waals surface area contributed by atoms with Gasteiger partial charge >= 0.3 is 0 Å². The van der Waals surface area contributed by atoms with Gasteiger partial charge in [0, 0.05) is 18.7 Å². The Hall–Kier alpha value is -2.08. The van der Waals surface area contributed by atoms with Gasteiger partial charge < -0.3 is 21.1 Å². The van der Waals surface area contributed by atoms with E-state index in [1.807, 2.05) is 0 Å². The number of carbonyl (C=O) groups is 2. The van der Waals surface area contributed by atoms with E-state index in [2.05, 4.69) is 10.6 Å². The summed E-state index contributed by atoms with van der Waals surface area (Å²) in [6, 6.07) is 6.60. The molecule has 1 fully saturated rings. The Morgan fingerprint density at radius 2 is 2.16 bits per heavy atom. The van der Waals surface area contributed by atoms with Crippen LogP contribution in [0.3, 0.4) is 0 Å². The summed E-state index contributed by atoms with van der Waals surface area (Å²) in [5, 5.41) is 5.38. The predicted molar refractivity (Wildman–Crippen MR) is 70.8 cm³/mol. The molecule has 102 valence electrons. The summed E-state index contributed by atoms with van der Waals surface area (Å²) in [6.45, 7) is 0.916. The van der Waals surface area contributed by atoms with Crippen molar-refractivity contribution in [2.75, 3.05) is 18.5 Å². The Morgan fingerprint density at radius 3 is 2.74 bits per heavy atom. The molecule has 6 heteroatoms. The molecule has 0 bridgehead atoms. The number of hydrogen-bond acceptors (Lipinski definition) is 4. The van der Waals surface area contributed by atoms with Gasteiger partial charge in [-0.1, -0.05) is 0 Å². The van der Waals surface area contributed by atoms with E-state index in [4.69, 9.17) is 10.5 Å². The van der Waals surface area contributed by atoms with Gasteiger partial charge in [-0.25, -0.2) is 0 Å². The molecular weight excluding hydrogens is 246 g/mol. The van der Waals surface area contributed by atoms with Gasteiger partial charge in [-0.2, -0.15) is 0 Å². The van der Waals surface area contributed by atoms with Crippen LogP contribution in [0.1, 0.15) is 12.8 Å². The van der Waals surface area contributed by atoms with Crippen molar-refractivity contribution in [2.45, 2.75) is 18.9 Å². The molecule has 1 unspecified atom stereocenters. The highest BCUT2D eigenvalue weighted by molar-refractivity contribution is 5.98. The van der Waals surface area contributed by atoms with Gasteiger partial charge in [-0.3, -0.25) is 9.59 Å². The van der Waals surface area contributed by atoms with Crippen molar-refractivity contribution in [3.63, 3.8) is 0 Å². The minimum Gasteiger partial charge on any atom is -0.492 e. The van der Waals surface area contributed by atoms with Crippen LogP contribution in [0, 0.1) is 0 Å². The molecule has 6 nitrogen and oxygen atoms in total. The number of nitrogens with two attached hydrogens (primary N) is 1. The molecule has 1 aliphatic heterocycles. The van der Waals surface area contributed by atoms with Crippen LogP contribution in [0.15, 0.2) is 24.3 Å². The molecule has 0 spiro atoms. The summed E-state index contributed by atoms with van der Waals surface area (Å²) in [5.41, 5.74) is 6.01. The van der Waals surface area contributed by atoms with Gasteiger partial charge in [-0.05, 0) is 30.7 Å². The molecule has 1 heterocycles. The molecule has 0 aromatic heterocycles. The van der Waals surface area contributed by atoms with Crippen molar-refractivity contribution < 1.29 is 14.3 Å². The van der Waals surface area contributed by atoms with E-state index >= 15 is 0 Å². The van der Waals surface area contributed by atoms with E-state index in [-0.39, 0.29) is 11.8 Å². The molecule has 0 aliphatic carbocycles. The first kappa shape index (κ1) is 13.4. The van der Waals surface area contributed by atoms with Gasteiger partial charge in [0.15, 0.2) is 0 Å². The van der Waals surface area contributed by atoms with Crippen molar-refractivity contribution in [3.8, 4) is 5.75 Å². The Labute approximate surface area is 111 Å². The number of rotatable bonds is 5. The lowest BCUT2D eigenvalue weighted by molar-refractivity contribution is -0.122. The minimum atomic E-state index is -0.430. The van der Waals surface area contributed by atoms with Crippen molar-refractivity contribution in [2.24, 2.45) is 5.73 Å². The standard InChI is InChI=1S/C13H17N3O3/c14-7-8-19-10-3-1-9(2-4-10)15-13(18)11-5-6-12(17)16-11/h1-4,11H,5-8,14H2,(H,15,18)(H,16,17). The van der Waals surface area contributed by atoms with Crippen molar-refractivity contribution >= 4 is 17.5 Å². The van der Waals surface area contributed by atoms with Crippen LogP contribution in [0.5, 0.6) is 5.75 Å². The third-order valence-electron chi connectivity index (χ3n) is 2.82. The van der Waals surface area contributed by atoms with Gasteiger partial charge in [0.05, 0.1) is 0 Å². The fraction of sp³-hybridized carbons (Fsp3) is 0.385. The number of hydrogen-bond donors (Lipinski definition) is 3. The zero-order valence-electron chi connectivity index (χ0n) is 10.5. The second kappa shape index (κ2) is 6.19. The highest BCUT2D eigenvalue weighted by Crippen LogP contribution is 2.16. The van der Waals surface area contributed by atoms with E-state index in [9.17, 15) is 9.59 Å². The van der Waals surface area contributed by atoms with E-state index in [0.717, 1.165) is 0 Å². The first-order valence-corrected chi connectivity index (χ1v) is 6.22. The van der Waals surface area contributed by atoms with Crippen LogP contribution < -0.4 is 21.1 Å². The Morgan fingerprint density at radius 1 is 1.42 bits per heavy atom. The summed E-state index contributed by atoms with van der Waals surface area (Å²) in [6.07, 6.45) is 0.951. The molecule has 1 saturated heterocycles. The smallest absolute Gasteiger partial charge is 0.246 e. The van der Waals surface area contributed by atoms with Crippen molar-refractivity contribution in [1.29, 1.82) is 0 Å². The van der Waals surface area contributed by atoms with Gasteiger partial charge in [0.2, 0.25) is 11.8 Å². The minimum absolute atomic E-state index is 0.0781. The molecule has 19 heavy (non-hydrogen) atoms. The van der Waals surface area contributed by atoms with Gasteiger partial charge in [-0.15, -0.1) is 0 Å². The van der Waals surface area contributed by atoms with Crippen LogP contribution >= 0.6 is 0 Å². The van der Waals surface area contributed by atoms with Crippen molar-refractivity contribution in [1.82, 2.24) is 5.32 Å². The molecule has 0 radical (unpaired) electrons. The monoisotopic (exact) mass is 263 g/mol. The van der Waals surface area contributed by atoms with E-state index in [1.54, 1.807) is 24.3 Å². The molecule has 2 rings (SSSR count). The van der Waals surface area contributed by atoms with E-state index < -0.39 is 6.04 Å². The molecule has 1 aliphatic rings. The maximum absolute atomic E-state index is 11.8. The predicted octanol–water partition coefficient (Wildman–Crippen LogP) is 0.241. The molecule has 1 aromatic carbocycles. The second-order valence-corrected chi connectivity index (χ2v) is 4.31. The number of nitrogens with one attached hydrogen (secondary N) is 2. The number of anilines is 1. The fourth-order valence-electron chi connectivity index (χ4n) is 1.85. The maximum atomic E-state index is 11.8. The molecular formula is C13H17N3O3. The summed E-state index contributed by atoms with van der Waals surface area (Å²) in [5.74, 6) is 0.435. The molecule has 1 aromatic rings. The zero-order valence-corrected chi connectivity index (χ0v) is 10.5. The summed E-state index contributed by atoms with van der Waals surface area (Å²) < 4.78 is 5.33. The lowest BCUT2D eigenvalue weighted by Crippen LogP contribution is -2.37.